The van der Waals surface area contributed by atoms with E-state index in [1.54, 1.807) is 17.6 Å². The van der Waals surface area contributed by atoms with E-state index in [-0.39, 0.29) is 12.6 Å². The molecular weight excluding hydrogens is 210 g/mol. The van der Waals surface area contributed by atoms with E-state index in [2.05, 4.69) is 11.4 Å². The van der Waals surface area contributed by atoms with Crippen molar-refractivity contribution >= 4 is 11.3 Å². The standard InChI is InChI=1S/C11H13NO2S/c13-8-10(11-4-1-5-14-11)12-7-9-3-2-6-15-9/h1-6,10,12-13H,7-8H2. The lowest BCUT2D eigenvalue weighted by Gasteiger charge is -2.12. The van der Waals surface area contributed by atoms with Gasteiger partial charge in [-0.1, -0.05) is 6.07 Å². The highest BCUT2D eigenvalue weighted by molar-refractivity contribution is 7.09. The Morgan fingerprint density at radius 1 is 1.40 bits per heavy atom. The Morgan fingerprint density at radius 2 is 2.33 bits per heavy atom. The molecule has 15 heavy (non-hydrogen) atoms. The topological polar surface area (TPSA) is 45.4 Å². The smallest absolute Gasteiger partial charge is 0.123 e. The van der Waals surface area contributed by atoms with Crippen LogP contribution in [0, 0.1) is 0 Å². The van der Waals surface area contributed by atoms with Crippen LogP contribution >= 0.6 is 11.3 Å². The summed E-state index contributed by atoms with van der Waals surface area (Å²) in [6.45, 7) is 0.794. The van der Waals surface area contributed by atoms with Gasteiger partial charge in [-0.05, 0) is 23.6 Å². The van der Waals surface area contributed by atoms with Crippen molar-refractivity contribution in [2.75, 3.05) is 6.61 Å². The highest BCUT2D eigenvalue weighted by atomic mass is 32.1. The first-order valence-electron chi connectivity index (χ1n) is 4.80. The molecule has 0 aliphatic rings. The van der Waals surface area contributed by atoms with Crippen LogP contribution in [0.1, 0.15) is 16.7 Å². The van der Waals surface area contributed by atoms with Crippen molar-refractivity contribution in [3.05, 3.63) is 46.5 Å². The molecule has 2 aromatic rings. The first-order valence-corrected chi connectivity index (χ1v) is 5.68. The van der Waals surface area contributed by atoms with Gasteiger partial charge in [0.25, 0.3) is 0 Å². The molecule has 80 valence electrons. The highest BCUT2D eigenvalue weighted by Gasteiger charge is 2.12. The summed E-state index contributed by atoms with van der Waals surface area (Å²) in [5.41, 5.74) is 0. The fraction of sp³-hybridized carbons (Fsp3) is 0.273. The first-order chi connectivity index (χ1) is 7.40. The molecule has 0 bridgehead atoms. The van der Waals surface area contributed by atoms with Crippen LogP contribution in [0.3, 0.4) is 0 Å². The van der Waals surface area contributed by atoms with Crippen molar-refractivity contribution in [1.29, 1.82) is 0 Å². The summed E-state index contributed by atoms with van der Waals surface area (Å²) in [4.78, 5) is 1.25. The minimum Gasteiger partial charge on any atom is -0.468 e. The molecule has 2 heterocycles. The maximum atomic E-state index is 9.21. The van der Waals surface area contributed by atoms with E-state index in [9.17, 15) is 5.11 Å². The van der Waals surface area contributed by atoms with E-state index in [0.717, 1.165) is 12.3 Å². The molecule has 1 unspecified atom stereocenters. The monoisotopic (exact) mass is 223 g/mol. The van der Waals surface area contributed by atoms with Crippen LogP contribution in [0.25, 0.3) is 0 Å². The van der Waals surface area contributed by atoms with Gasteiger partial charge >= 0.3 is 0 Å². The maximum Gasteiger partial charge on any atom is 0.123 e. The maximum absolute atomic E-state index is 9.21. The van der Waals surface area contributed by atoms with E-state index in [1.165, 1.54) is 4.88 Å². The lowest BCUT2D eigenvalue weighted by atomic mass is 10.2. The molecule has 2 rings (SSSR count). The fourth-order valence-electron chi connectivity index (χ4n) is 1.38. The van der Waals surface area contributed by atoms with Gasteiger partial charge in [0, 0.05) is 11.4 Å². The quantitative estimate of drug-likeness (QED) is 0.816. The van der Waals surface area contributed by atoms with Crippen molar-refractivity contribution in [3.63, 3.8) is 0 Å². The van der Waals surface area contributed by atoms with Crippen molar-refractivity contribution < 1.29 is 9.52 Å². The third kappa shape index (κ3) is 2.68. The molecule has 0 aliphatic heterocycles. The minimum absolute atomic E-state index is 0.0406. The molecule has 0 amide bonds. The minimum atomic E-state index is -0.123. The average Bonchev–Trinajstić information content (AvgIpc) is 2.90. The molecule has 0 saturated heterocycles. The van der Waals surface area contributed by atoms with Gasteiger partial charge in [-0.15, -0.1) is 11.3 Å². The van der Waals surface area contributed by atoms with Gasteiger partial charge in [0.15, 0.2) is 0 Å². The van der Waals surface area contributed by atoms with E-state index in [0.29, 0.717) is 0 Å². The molecule has 4 heteroatoms. The number of aliphatic hydroxyl groups excluding tert-OH is 1. The Hall–Kier alpha value is -1.10. The Morgan fingerprint density at radius 3 is 2.93 bits per heavy atom. The highest BCUT2D eigenvalue weighted by Crippen LogP contribution is 2.15. The first kappa shape index (κ1) is 10.4. The number of hydrogen-bond acceptors (Lipinski definition) is 4. The largest absolute Gasteiger partial charge is 0.468 e. The second-order valence-electron chi connectivity index (χ2n) is 3.21. The van der Waals surface area contributed by atoms with Crippen LogP contribution in [-0.2, 0) is 6.54 Å². The molecule has 0 aromatic carbocycles. The summed E-state index contributed by atoms with van der Waals surface area (Å²) in [6.07, 6.45) is 1.62. The van der Waals surface area contributed by atoms with Crippen LogP contribution in [0.2, 0.25) is 0 Å². The number of thiophene rings is 1. The zero-order valence-corrected chi connectivity index (χ0v) is 9.04. The molecule has 2 N–H and O–H groups in total. The number of nitrogens with one attached hydrogen (secondary N) is 1. The second kappa shape index (κ2) is 5.11. The van der Waals surface area contributed by atoms with Crippen LogP contribution in [0.5, 0.6) is 0 Å². The van der Waals surface area contributed by atoms with Gasteiger partial charge in [0.2, 0.25) is 0 Å². The van der Waals surface area contributed by atoms with Crippen LogP contribution < -0.4 is 5.32 Å². The van der Waals surface area contributed by atoms with E-state index in [1.807, 2.05) is 23.6 Å². The molecule has 0 saturated carbocycles. The molecule has 0 aliphatic carbocycles. The molecular formula is C11H13NO2S. The third-order valence-electron chi connectivity index (χ3n) is 2.17. The normalized spacial score (nSPS) is 12.9. The summed E-state index contributed by atoms with van der Waals surface area (Å²) in [5.74, 6) is 0.772. The fourth-order valence-corrected chi connectivity index (χ4v) is 2.04. The Balaban J connectivity index is 1.92. The lowest BCUT2D eigenvalue weighted by Crippen LogP contribution is -2.23. The summed E-state index contributed by atoms with van der Waals surface area (Å²) in [6, 6.07) is 7.64. The number of aliphatic hydroxyl groups is 1. The zero-order chi connectivity index (χ0) is 10.5. The van der Waals surface area contributed by atoms with E-state index in [4.69, 9.17) is 4.42 Å². The zero-order valence-electron chi connectivity index (χ0n) is 8.22. The number of hydrogen-bond donors (Lipinski definition) is 2. The third-order valence-corrected chi connectivity index (χ3v) is 3.05. The van der Waals surface area contributed by atoms with Crippen molar-refractivity contribution in [2.45, 2.75) is 12.6 Å². The van der Waals surface area contributed by atoms with Crippen LogP contribution in [0.4, 0.5) is 0 Å². The van der Waals surface area contributed by atoms with Crippen LogP contribution in [0.15, 0.2) is 40.3 Å². The Labute approximate surface area is 92.4 Å². The summed E-state index contributed by atoms with van der Waals surface area (Å²) in [5, 5.41) is 14.5. The molecule has 0 fully saturated rings. The van der Waals surface area contributed by atoms with Crippen molar-refractivity contribution in [2.24, 2.45) is 0 Å². The molecule has 0 radical (unpaired) electrons. The van der Waals surface area contributed by atoms with Crippen LogP contribution in [-0.4, -0.2) is 11.7 Å². The van der Waals surface area contributed by atoms with E-state index >= 15 is 0 Å². The van der Waals surface area contributed by atoms with Crippen molar-refractivity contribution in [1.82, 2.24) is 5.32 Å². The molecule has 2 aromatic heterocycles. The number of furan rings is 1. The van der Waals surface area contributed by atoms with Gasteiger partial charge in [-0.3, -0.25) is 0 Å². The molecule has 3 nitrogen and oxygen atoms in total. The van der Waals surface area contributed by atoms with Gasteiger partial charge < -0.3 is 14.8 Å². The summed E-state index contributed by atoms with van der Waals surface area (Å²) in [7, 11) is 0. The Bertz CT molecular complexity index is 369. The van der Waals surface area contributed by atoms with Gasteiger partial charge in [0.05, 0.1) is 18.9 Å². The average molecular weight is 223 g/mol. The van der Waals surface area contributed by atoms with Gasteiger partial charge in [-0.2, -0.15) is 0 Å². The number of rotatable bonds is 5. The van der Waals surface area contributed by atoms with Gasteiger partial charge in [0.1, 0.15) is 5.76 Å². The summed E-state index contributed by atoms with van der Waals surface area (Å²) < 4.78 is 5.24. The van der Waals surface area contributed by atoms with E-state index < -0.39 is 0 Å². The second-order valence-corrected chi connectivity index (χ2v) is 4.24. The molecule has 0 spiro atoms. The summed E-state index contributed by atoms with van der Waals surface area (Å²) >= 11 is 1.70. The van der Waals surface area contributed by atoms with Gasteiger partial charge in [-0.25, -0.2) is 0 Å². The Kier molecular flexibility index (Phi) is 3.55. The SMILES string of the molecule is OCC(NCc1cccs1)c1ccco1. The lowest BCUT2D eigenvalue weighted by molar-refractivity contribution is 0.226. The predicted molar refractivity (Wildman–Crippen MR) is 59.7 cm³/mol. The molecule has 1 atom stereocenters. The predicted octanol–water partition coefficient (Wildman–Crippen LogP) is 2.16. The van der Waals surface area contributed by atoms with Crippen molar-refractivity contribution in [3.8, 4) is 0 Å².